The molecule has 0 radical (unpaired) electrons. The highest BCUT2D eigenvalue weighted by Gasteiger charge is 2.35. The van der Waals surface area contributed by atoms with Gasteiger partial charge >= 0.3 is 0 Å². The fourth-order valence-corrected chi connectivity index (χ4v) is 3.01. The third-order valence-corrected chi connectivity index (χ3v) is 3.92. The molecule has 0 aromatic heterocycles. The second-order valence-corrected chi connectivity index (χ2v) is 6.00. The lowest BCUT2D eigenvalue weighted by atomic mass is 9.98. The van der Waals surface area contributed by atoms with Gasteiger partial charge in [0.2, 0.25) is 5.91 Å². The molecule has 1 unspecified atom stereocenters. The smallest absolute Gasteiger partial charge is 0.238 e. The summed E-state index contributed by atoms with van der Waals surface area (Å²) in [5, 5.41) is 3.33. The van der Waals surface area contributed by atoms with Gasteiger partial charge in [0, 0.05) is 18.6 Å². The van der Waals surface area contributed by atoms with Crippen LogP contribution in [0, 0.1) is 0 Å². The van der Waals surface area contributed by atoms with E-state index in [9.17, 15) is 4.79 Å². The van der Waals surface area contributed by atoms with E-state index in [1.807, 2.05) is 20.8 Å². The monoisotopic (exact) mass is 255 g/mol. The van der Waals surface area contributed by atoms with Crippen LogP contribution in [0.5, 0.6) is 0 Å². The van der Waals surface area contributed by atoms with Crippen LogP contribution in [0.2, 0.25) is 0 Å². The highest BCUT2D eigenvalue weighted by atomic mass is 16.1. The van der Waals surface area contributed by atoms with Crippen molar-refractivity contribution in [2.24, 2.45) is 5.73 Å². The molecule has 0 saturated heterocycles. The maximum atomic E-state index is 11.8. The van der Waals surface area contributed by atoms with Crippen LogP contribution in [0.1, 0.15) is 53.4 Å². The summed E-state index contributed by atoms with van der Waals surface area (Å²) >= 11 is 0. The van der Waals surface area contributed by atoms with E-state index in [0.29, 0.717) is 12.6 Å². The summed E-state index contributed by atoms with van der Waals surface area (Å²) in [6.07, 6.45) is 5.13. The topological polar surface area (TPSA) is 58.4 Å². The van der Waals surface area contributed by atoms with Crippen LogP contribution in [0.15, 0.2) is 0 Å². The van der Waals surface area contributed by atoms with E-state index in [1.54, 1.807) is 0 Å². The predicted octanol–water partition coefficient (Wildman–Crippen LogP) is 1.49. The first-order chi connectivity index (χ1) is 8.39. The summed E-state index contributed by atoms with van der Waals surface area (Å²) in [6.45, 7) is 9.87. The highest BCUT2D eigenvalue weighted by molar-refractivity contribution is 5.84. The number of hydrogen-bond acceptors (Lipinski definition) is 3. The van der Waals surface area contributed by atoms with Gasteiger partial charge in [-0.05, 0) is 40.2 Å². The van der Waals surface area contributed by atoms with Crippen molar-refractivity contribution >= 4 is 5.91 Å². The Morgan fingerprint density at radius 3 is 2.39 bits per heavy atom. The second-order valence-electron chi connectivity index (χ2n) is 6.00. The molecule has 0 aromatic rings. The van der Waals surface area contributed by atoms with Gasteiger partial charge < -0.3 is 11.1 Å². The molecule has 0 bridgehead atoms. The third-order valence-electron chi connectivity index (χ3n) is 3.92. The fraction of sp³-hybridized carbons (Fsp3) is 0.929. The summed E-state index contributed by atoms with van der Waals surface area (Å²) in [4.78, 5) is 14.2. The van der Waals surface area contributed by atoms with Crippen LogP contribution >= 0.6 is 0 Å². The minimum Gasteiger partial charge on any atom is -0.368 e. The molecule has 4 nitrogen and oxygen atoms in total. The predicted molar refractivity (Wildman–Crippen MR) is 75.4 cm³/mol. The number of amides is 1. The lowest BCUT2D eigenvalue weighted by molar-refractivity contribution is -0.125. The molecule has 0 heterocycles. The van der Waals surface area contributed by atoms with Gasteiger partial charge in [0.1, 0.15) is 5.54 Å². The summed E-state index contributed by atoms with van der Waals surface area (Å²) in [5.74, 6) is -0.257. The summed E-state index contributed by atoms with van der Waals surface area (Å²) < 4.78 is 0. The number of likely N-dealkylation sites (N-methyl/N-ethyl adjacent to an activating group) is 1. The molecule has 18 heavy (non-hydrogen) atoms. The van der Waals surface area contributed by atoms with Crippen molar-refractivity contribution in [2.75, 3.05) is 13.1 Å². The van der Waals surface area contributed by atoms with E-state index >= 15 is 0 Å². The van der Waals surface area contributed by atoms with Crippen molar-refractivity contribution < 1.29 is 4.79 Å². The molecule has 1 rings (SSSR count). The molecular formula is C14H29N3O. The largest absolute Gasteiger partial charge is 0.368 e. The molecule has 1 saturated carbocycles. The zero-order valence-electron chi connectivity index (χ0n) is 12.3. The number of primary amides is 1. The SMILES string of the molecule is CCN(CC(C)(NC(C)C)C(N)=O)C1CCCC1. The average Bonchev–Trinajstić information content (AvgIpc) is 2.78. The van der Waals surface area contributed by atoms with Gasteiger partial charge in [0.25, 0.3) is 0 Å². The zero-order valence-corrected chi connectivity index (χ0v) is 12.3. The van der Waals surface area contributed by atoms with Crippen LogP contribution in [-0.2, 0) is 4.79 Å². The quantitative estimate of drug-likeness (QED) is 0.724. The minimum atomic E-state index is -0.632. The van der Waals surface area contributed by atoms with Crippen molar-refractivity contribution in [2.45, 2.75) is 71.0 Å². The fourth-order valence-electron chi connectivity index (χ4n) is 3.01. The normalized spacial score (nSPS) is 20.6. The second kappa shape index (κ2) is 6.53. The average molecular weight is 255 g/mol. The molecule has 106 valence electrons. The van der Waals surface area contributed by atoms with Crippen molar-refractivity contribution in [1.29, 1.82) is 0 Å². The van der Waals surface area contributed by atoms with Gasteiger partial charge in [0.15, 0.2) is 0 Å². The zero-order chi connectivity index (χ0) is 13.8. The number of nitrogens with zero attached hydrogens (tertiary/aromatic N) is 1. The third kappa shape index (κ3) is 3.95. The van der Waals surface area contributed by atoms with Crippen LogP contribution in [-0.4, -0.2) is 41.5 Å². The van der Waals surface area contributed by atoms with Crippen LogP contribution in [0.25, 0.3) is 0 Å². The Balaban J connectivity index is 2.70. The highest BCUT2D eigenvalue weighted by Crippen LogP contribution is 2.24. The van der Waals surface area contributed by atoms with Crippen molar-refractivity contribution in [3.63, 3.8) is 0 Å². The number of rotatable bonds is 7. The number of carbonyl (C=O) groups is 1. The molecular weight excluding hydrogens is 226 g/mol. The number of carbonyl (C=O) groups excluding carboxylic acids is 1. The molecule has 0 aromatic carbocycles. The van der Waals surface area contributed by atoms with Crippen LogP contribution in [0.3, 0.4) is 0 Å². The van der Waals surface area contributed by atoms with E-state index in [4.69, 9.17) is 5.73 Å². The molecule has 1 fully saturated rings. The first-order valence-corrected chi connectivity index (χ1v) is 7.20. The van der Waals surface area contributed by atoms with E-state index in [-0.39, 0.29) is 11.9 Å². The van der Waals surface area contributed by atoms with Crippen molar-refractivity contribution in [3.05, 3.63) is 0 Å². The van der Waals surface area contributed by atoms with E-state index in [0.717, 1.165) is 6.54 Å². The standard InChI is InChI=1S/C14H29N3O/c1-5-17(12-8-6-7-9-12)10-14(4,13(15)18)16-11(2)3/h11-12,16H,5-10H2,1-4H3,(H2,15,18). The Bertz CT molecular complexity index is 274. The first-order valence-electron chi connectivity index (χ1n) is 7.20. The van der Waals surface area contributed by atoms with E-state index in [1.165, 1.54) is 25.7 Å². The van der Waals surface area contributed by atoms with Crippen molar-refractivity contribution in [3.8, 4) is 0 Å². The lowest BCUT2D eigenvalue weighted by Gasteiger charge is -2.37. The molecule has 1 amide bonds. The van der Waals surface area contributed by atoms with Crippen molar-refractivity contribution in [1.82, 2.24) is 10.2 Å². The van der Waals surface area contributed by atoms with E-state index < -0.39 is 5.54 Å². The van der Waals surface area contributed by atoms with Crippen LogP contribution in [0.4, 0.5) is 0 Å². The molecule has 1 aliphatic rings. The lowest BCUT2D eigenvalue weighted by Crippen LogP contribution is -2.62. The maximum Gasteiger partial charge on any atom is 0.238 e. The summed E-state index contributed by atoms with van der Waals surface area (Å²) in [5.41, 5.74) is 4.96. The van der Waals surface area contributed by atoms with Gasteiger partial charge in [-0.25, -0.2) is 0 Å². The van der Waals surface area contributed by atoms with Crippen LogP contribution < -0.4 is 11.1 Å². The van der Waals surface area contributed by atoms with Gasteiger partial charge in [-0.3, -0.25) is 9.69 Å². The number of hydrogen-bond donors (Lipinski definition) is 2. The minimum absolute atomic E-state index is 0.254. The summed E-state index contributed by atoms with van der Waals surface area (Å²) in [6, 6.07) is 0.882. The number of nitrogens with one attached hydrogen (secondary N) is 1. The van der Waals surface area contributed by atoms with Gasteiger partial charge in [-0.15, -0.1) is 0 Å². The molecule has 0 spiro atoms. The van der Waals surface area contributed by atoms with Gasteiger partial charge in [-0.1, -0.05) is 19.8 Å². The Morgan fingerprint density at radius 2 is 2.00 bits per heavy atom. The molecule has 1 atom stereocenters. The van der Waals surface area contributed by atoms with E-state index in [2.05, 4.69) is 17.1 Å². The Labute approximate surface area is 111 Å². The Morgan fingerprint density at radius 1 is 1.44 bits per heavy atom. The molecule has 1 aliphatic carbocycles. The van der Waals surface area contributed by atoms with Gasteiger partial charge in [-0.2, -0.15) is 0 Å². The molecule has 0 aliphatic heterocycles. The van der Waals surface area contributed by atoms with Gasteiger partial charge in [0.05, 0.1) is 0 Å². The Kier molecular flexibility index (Phi) is 5.60. The summed E-state index contributed by atoms with van der Waals surface area (Å²) in [7, 11) is 0. The Hall–Kier alpha value is -0.610. The first kappa shape index (κ1) is 15.4. The number of nitrogens with two attached hydrogens (primary N) is 1. The molecule has 4 heteroatoms. The maximum absolute atomic E-state index is 11.8. The molecule has 3 N–H and O–H groups in total.